The minimum absolute atomic E-state index is 0.0156. The third kappa shape index (κ3) is 4.37. The van der Waals surface area contributed by atoms with Crippen molar-refractivity contribution < 1.29 is 9.53 Å². The van der Waals surface area contributed by atoms with E-state index in [2.05, 4.69) is 34.6 Å². The first-order valence-corrected chi connectivity index (χ1v) is 4.40. The molecule has 0 aliphatic carbocycles. The fraction of sp³-hybridized carbons (Fsp3) is 0.900. The molecule has 0 fully saturated rings. The smallest absolute Gasteiger partial charge is 0.417 e. The van der Waals surface area contributed by atoms with Crippen LogP contribution < -0.4 is 0 Å². The van der Waals surface area contributed by atoms with Gasteiger partial charge in [-0.3, -0.25) is 0 Å². The van der Waals surface area contributed by atoms with Crippen LogP contribution in [0.5, 0.6) is 0 Å². The predicted molar refractivity (Wildman–Crippen MR) is 49.5 cm³/mol. The minimum atomic E-state index is -0.0185. The number of ether oxygens (including phenoxy) is 1. The second-order valence-electron chi connectivity index (χ2n) is 4.69. The summed E-state index contributed by atoms with van der Waals surface area (Å²) >= 11 is 0. The van der Waals surface area contributed by atoms with Crippen LogP contribution in [0.4, 0.5) is 0 Å². The van der Waals surface area contributed by atoms with Gasteiger partial charge in [-0.1, -0.05) is 34.6 Å². The van der Waals surface area contributed by atoms with E-state index in [1.54, 1.807) is 0 Å². The summed E-state index contributed by atoms with van der Waals surface area (Å²) in [5.41, 5.74) is 0.0156. The fourth-order valence-electron chi connectivity index (χ4n) is 1.06. The van der Waals surface area contributed by atoms with Gasteiger partial charge < -0.3 is 4.74 Å². The molecule has 0 rings (SSSR count). The molecular weight excluding hydrogens is 152 g/mol. The Hall–Kier alpha value is -0.530. The van der Waals surface area contributed by atoms with Crippen LogP contribution in [0.3, 0.4) is 0 Å². The van der Waals surface area contributed by atoms with Crippen molar-refractivity contribution in [1.29, 1.82) is 0 Å². The molecule has 0 heterocycles. The largest absolute Gasteiger partial charge is 0.453 e. The Morgan fingerprint density at radius 3 is 2.08 bits per heavy atom. The van der Waals surface area contributed by atoms with E-state index in [4.69, 9.17) is 4.74 Å². The Morgan fingerprint density at radius 2 is 1.83 bits per heavy atom. The summed E-state index contributed by atoms with van der Waals surface area (Å²) in [4.78, 5) is 10.1. The normalized spacial score (nSPS) is 14.5. The van der Waals surface area contributed by atoms with E-state index in [9.17, 15) is 4.79 Å². The summed E-state index contributed by atoms with van der Waals surface area (Å²) in [7, 11) is 0. The lowest BCUT2D eigenvalue weighted by Crippen LogP contribution is -2.30. The molecule has 0 saturated heterocycles. The average molecular weight is 171 g/mol. The van der Waals surface area contributed by atoms with Crippen molar-refractivity contribution in [3.8, 4) is 0 Å². The van der Waals surface area contributed by atoms with Crippen LogP contribution in [0.25, 0.3) is 0 Å². The van der Waals surface area contributed by atoms with Crippen molar-refractivity contribution in [2.75, 3.05) is 0 Å². The maximum Gasteiger partial charge on any atom is 0.417 e. The van der Waals surface area contributed by atoms with Crippen molar-refractivity contribution in [2.45, 2.75) is 47.1 Å². The third-order valence-electron chi connectivity index (χ3n) is 1.84. The lowest BCUT2D eigenvalue weighted by atomic mass is 9.84. The van der Waals surface area contributed by atoms with E-state index in [-0.39, 0.29) is 11.5 Å². The van der Waals surface area contributed by atoms with Crippen LogP contribution in [-0.2, 0) is 9.53 Å². The summed E-state index contributed by atoms with van der Waals surface area (Å²) < 4.78 is 4.91. The summed E-state index contributed by atoms with van der Waals surface area (Å²) in [6.07, 6.45) is 0.883. The quantitative estimate of drug-likeness (QED) is 0.649. The van der Waals surface area contributed by atoms with Crippen LogP contribution in [-0.4, -0.2) is 12.6 Å². The van der Waals surface area contributed by atoms with Crippen LogP contribution in [0.1, 0.15) is 41.0 Å². The first-order chi connectivity index (χ1) is 5.38. The topological polar surface area (TPSA) is 26.3 Å². The van der Waals surface area contributed by atoms with Gasteiger partial charge in [-0.2, -0.15) is 0 Å². The van der Waals surface area contributed by atoms with Gasteiger partial charge in [-0.25, -0.2) is 4.79 Å². The Balaban J connectivity index is 4.13. The van der Waals surface area contributed by atoms with E-state index in [1.807, 2.05) is 0 Å². The molecule has 12 heavy (non-hydrogen) atoms. The zero-order valence-corrected chi connectivity index (χ0v) is 8.68. The molecule has 0 aromatic carbocycles. The van der Waals surface area contributed by atoms with Crippen molar-refractivity contribution in [1.82, 2.24) is 0 Å². The van der Waals surface area contributed by atoms with Crippen molar-refractivity contribution >= 4 is 6.47 Å². The Bertz CT molecular complexity index is 133. The van der Waals surface area contributed by atoms with Crippen LogP contribution in [0.2, 0.25) is 0 Å². The van der Waals surface area contributed by atoms with Gasteiger partial charge in [-0.05, 0) is 17.8 Å². The number of rotatable bonds is 4. The molecule has 0 aromatic rings. The summed E-state index contributed by atoms with van der Waals surface area (Å²) in [6, 6.07) is 0. The highest BCUT2D eigenvalue weighted by atomic mass is 16.5. The molecule has 0 aliphatic heterocycles. The Morgan fingerprint density at radius 1 is 1.33 bits per heavy atom. The summed E-state index contributed by atoms with van der Waals surface area (Å²) in [5, 5.41) is 0. The molecule has 1 atom stereocenters. The molecule has 0 N–H and O–H groups in total. The number of hydrogen-bond acceptors (Lipinski definition) is 2. The Kier molecular flexibility index (Phi) is 4.29. The lowest BCUT2D eigenvalue weighted by Gasteiger charge is -2.29. The highest BCUT2D eigenvalue weighted by Gasteiger charge is 2.26. The fourth-order valence-corrected chi connectivity index (χ4v) is 1.06. The predicted octanol–water partition coefficient (Wildman–Crippen LogP) is 2.53. The third-order valence-corrected chi connectivity index (χ3v) is 1.84. The SMILES string of the molecule is CC(C)CC(O[C]=O)C(C)(C)C. The van der Waals surface area contributed by atoms with Gasteiger partial charge in [0.1, 0.15) is 6.10 Å². The van der Waals surface area contributed by atoms with Gasteiger partial charge in [0.25, 0.3) is 0 Å². The highest BCUT2D eigenvalue weighted by molar-refractivity contribution is 5.38. The summed E-state index contributed by atoms with van der Waals surface area (Å²) in [5.74, 6) is 0.544. The Labute approximate surface area is 75.3 Å². The first-order valence-electron chi connectivity index (χ1n) is 4.40. The van der Waals surface area contributed by atoms with Crippen LogP contribution in [0.15, 0.2) is 0 Å². The van der Waals surface area contributed by atoms with E-state index >= 15 is 0 Å². The van der Waals surface area contributed by atoms with Gasteiger partial charge in [0.05, 0.1) is 0 Å². The first kappa shape index (κ1) is 11.5. The lowest BCUT2D eigenvalue weighted by molar-refractivity contribution is 0.0535. The maximum absolute atomic E-state index is 10.1. The minimum Gasteiger partial charge on any atom is -0.453 e. The van der Waals surface area contributed by atoms with Crippen molar-refractivity contribution in [3.63, 3.8) is 0 Å². The molecule has 71 valence electrons. The monoisotopic (exact) mass is 171 g/mol. The zero-order chi connectivity index (χ0) is 9.78. The number of carbonyl (C=O) groups excluding carboxylic acids is 1. The standard InChI is InChI=1S/C10H19O2/c1-8(2)6-9(12-7-11)10(3,4)5/h8-9H,6H2,1-5H3. The van der Waals surface area contributed by atoms with Gasteiger partial charge >= 0.3 is 6.47 Å². The van der Waals surface area contributed by atoms with Gasteiger partial charge in [0, 0.05) is 0 Å². The molecule has 0 amide bonds. The molecule has 0 aromatic heterocycles. The van der Waals surface area contributed by atoms with Crippen molar-refractivity contribution in [3.05, 3.63) is 0 Å². The molecule has 2 heteroatoms. The molecular formula is C10H19O2. The average Bonchev–Trinajstić information content (AvgIpc) is 1.83. The van der Waals surface area contributed by atoms with Crippen LogP contribution in [0, 0.1) is 11.3 Å². The van der Waals surface area contributed by atoms with E-state index in [0.717, 1.165) is 6.42 Å². The second-order valence-corrected chi connectivity index (χ2v) is 4.69. The second kappa shape index (κ2) is 4.48. The van der Waals surface area contributed by atoms with Crippen molar-refractivity contribution in [2.24, 2.45) is 11.3 Å². The van der Waals surface area contributed by atoms with E-state index < -0.39 is 0 Å². The van der Waals surface area contributed by atoms with E-state index in [1.165, 1.54) is 6.47 Å². The zero-order valence-electron chi connectivity index (χ0n) is 8.68. The maximum atomic E-state index is 10.1. The van der Waals surface area contributed by atoms with Crippen LogP contribution >= 0.6 is 0 Å². The molecule has 2 nitrogen and oxygen atoms in total. The highest BCUT2D eigenvalue weighted by Crippen LogP contribution is 2.26. The molecule has 0 bridgehead atoms. The number of hydrogen-bond donors (Lipinski definition) is 0. The molecule has 0 spiro atoms. The summed E-state index contributed by atoms with van der Waals surface area (Å²) in [6.45, 7) is 12.0. The molecule has 1 unspecified atom stereocenters. The van der Waals surface area contributed by atoms with Gasteiger partial charge in [-0.15, -0.1) is 0 Å². The molecule has 1 radical (unpaired) electrons. The van der Waals surface area contributed by atoms with E-state index in [0.29, 0.717) is 5.92 Å². The molecule has 0 saturated carbocycles. The molecule has 0 aliphatic rings. The van der Waals surface area contributed by atoms with Gasteiger partial charge in [0.2, 0.25) is 0 Å². The van der Waals surface area contributed by atoms with Gasteiger partial charge in [0.15, 0.2) is 0 Å².